The number of nitrogens with one attached hydrogen (secondary N) is 1. The highest BCUT2D eigenvalue weighted by Crippen LogP contribution is 2.28. The van der Waals surface area contributed by atoms with Crippen molar-refractivity contribution in [1.29, 1.82) is 0 Å². The maximum atomic E-state index is 12.2. The molecule has 0 saturated heterocycles. The van der Waals surface area contributed by atoms with Crippen LogP contribution in [0.2, 0.25) is 0 Å². The van der Waals surface area contributed by atoms with Gasteiger partial charge in [0.25, 0.3) is 0 Å². The van der Waals surface area contributed by atoms with E-state index in [0.29, 0.717) is 18.1 Å². The van der Waals surface area contributed by atoms with Gasteiger partial charge < -0.3 is 24.3 Å². The van der Waals surface area contributed by atoms with Crippen molar-refractivity contribution in [1.82, 2.24) is 5.32 Å². The molecule has 0 unspecified atom stereocenters. The first-order chi connectivity index (χ1) is 14.7. The minimum atomic E-state index is -0.390. The Morgan fingerprint density at radius 1 is 0.967 bits per heavy atom. The van der Waals surface area contributed by atoms with Crippen LogP contribution in [0.15, 0.2) is 48.5 Å². The summed E-state index contributed by atoms with van der Waals surface area (Å²) < 4.78 is 22.2. The molecular formula is C24H31NO5. The van der Waals surface area contributed by atoms with E-state index in [9.17, 15) is 4.79 Å². The molecule has 1 aliphatic rings. The second-order valence-corrected chi connectivity index (χ2v) is 7.45. The summed E-state index contributed by atoms with van der Waals surface area (Å²) in [5.74, 6) is 1.43. The smallest absolute Gasteiger partial charge is 0.407 e. The lowest BCUT2D eigenvalue weighted by Gasteiger charge is -2.31. The first-order valence-electron chi connectivity index (χ1n) is 10.5. The molecule has 0 aromatic heterocycles. The van der Waals surface area contributed by atoms with Crippen LogP contribution in [-0.2, 0) is 22.5 Å². The Balaban J connectivity index is 1.46. The molecule has 1 aliphatic carbocycles. The number of amides is 1. The molecule has 2 atom stereocenters. The van der Waals surface area contributed by atoms with Crippen LogP contribution in [0.3, 0.4) is 0 Å². The lowest BCUT2D eigenvalue weighted by atomic mass is 9.92. The van der Waals surface area contributed by atoms with Crippen LogP contribution in [0.5, 0.6) is 11.5 Å². The van der Waals surface area contributed by atoms with Crippen LogP contribution in [0.1, 0.15) is 36.8 Å². The number of hydrogen-bond acceptors (Lipinski definition) is 5. The maximum Gasteiger partial charge on any atom is 0.407 e. The monoisotopic (exact) mass is 413 g/mol. The third kappa shape index (κ3) is 6.39. The van der Waals surface area contributed by atoms with Gasteiger partial charge in [0.15, 0.2) is 11.5 Å². The quantitative estimate of drug-likeness (QED) is 0.656. The molecule has 0 aliphatic heterocycles. The fourth-order valence-electron chi connectivity index (χ4n) is 3.74. The largest absolute Gasteiger partial charge is 0.493 e. The highest BCUT2D eigenvalue weighted by Gasteiger charge is 2.27. The second-order valence-electron chi connectivity index (χ2n) is 7.45. The van der Waals surface area contributed by atoms with Gasteiger partial charge in [-0.1, -0.05) is 49.2 Å². The number of alkyl carbamates (subject to hydrolysis) is 1. The zero-order valence-corrected chi connectivity index (χ0v) is 17.8. The highest BCUT2D eigenvalue weighted by molar-refractivity contribution is 5.67. The van der Waals surface area contributed by atoms with Gasteiger partial charge in [0.1, 0.15) is 6.61 Å². The van der Waals surface area contributed by atoms with E-state index >= 15 is 0 Å². The molecule has 0 heterocycles. The second kappa shape index (κ2) is 11.5. The molecule has 0 spiro atoms. The number of carbonyl (C=O) groups excluding carboxylic acids is 1. The van der Waals surface area contributed by atoms with Gasteiger partial charge >= 0.3 is 6.09 Å². The first-order valence-corrected chi connectivity index (χ1v) is 10.5. The Morgan fingerprint density at radius 3 is 2.50 bits per heavy atom. The Morgan fingerprint density at radius 2 is 1.73 bits per heavy atom. The molecule has 6 nitrogen and oxygen atoms in total. The lowest BCUT2D eigenvalue weighted by molar-refractivity contribution is 0.00567. The Hall–Kier alpha value is -2.73. The summed E-state index contributed by atoms with van der Waals surface area (Å²) >= 11 is 0. The highest BCUT2D eigenvalue weighted by atomic mass is 16.5. The average Bonchev–Trinajstić information content (AvgIpc) is 2.79. The van der Waals surface area contributed by atoms with Gasteiger partial charge in [-0.25, -0.2) is 4.79 Å². The van der Waals surface area contributed by atoms with Crippen molar-refractivity contribution >= 4 is 6.09 Å². The maximum absolute atomic E-state index is 12.2. The molecule has 30 heavy (non-hydrogen) atoms. The lowest BCUT2D eigenvalue weighted by Crippen LogP contribution is -2.46. The molecule has 0 bridgehead atoms. The van der Waals surface area contributed by atoms with Crippen LogP contribution < -0.4 is 14.8 Å². The summed E-state index contributed by atoms with van der Waals surface area (Å²) in [5.41, 5.74) is 2.09. The summed E-state index contributed by atoms with van der Waals surface area (Å²) in [6.07, 6.45) is 4.42. The van der Waals surface area contributed by atoms with Crippen molar-refractivity contribution in [3.8, 4) is 11.5 Å². The Labute approximate surface area is 178 Å². The van der Waals surface area contributed by atoms with Crippen LogP contribution in [0, 0.1) is 0 Å². The van der Waals surface area contributed by atoms with E-state index in [1.165, 1.54) is 0 Å². The summed E-state index contributed by atoms with van der Waals surface area (Å²) in [6, 6.07) is 15.5. The van der Waals surface area contributed by atoms with Crippen molar-refractivity contribution in [3.63, 3.8) is 0 Å². The van der Waals surface area contributed by atoms with Gasteiger partial charge in [-0.15, -0.1) is 0 Å². The summed E-state index contributed by atoms with van der Waals surface area (Å²) in [5, 5.41) is 3.00. The van der Waals surface area contributed by atoms with Crippen molar-refractivity contribution in [3.05, 3.63) is 59.7 Å². The number of rotatable bonds is 9. The minimum absolute atomic E-state index is 0.00293. The molecule has 162 valence electrons. The van der Waals surface area contributed by atoms with Crippen molar-refractivity contribution in [2.75, 3.05) is 20.8 Å². The third-order valence-electron chi connectivity index (χ3n) is 5.39. The fraction of sp³-hybridized carbons (Fsp3) is 0.458. The van der Waals surface area contributed by atoms with Crippen LogP contribution >= 0.6 is 0 Å². The molecule has 3 rings (SSSR count). The molecule has 2 aromatic carbocycles. The van der Waals surface area contributed by atoms with Gasteiger partial charge in [-0.3, -0.25) is 0 Å². The molecule has 1 fully saturated rings. The van der Waals surface area contributed by atoms with Crippen molar-refractivity contribution in [2.24, 2.45) is 0 Å². The summed E-state index contributed by atoms with van der Waals surface area (Å²) in [7, 11) is 3.26. The Kier molecular flexibility index (Phi) is 8.39. The molecule has 1 saturated carbocycles. The van der Waals surface area contributed by atoms with E-state index in [4.69, 9.17) is 18.9 Å². The van der Waals surface area contributed by atoms with E-state index in [1.807, 2.05) is 48.5 Å². The molecule has 0 radical (unpaired) electrons. The fourth-order valence-corrected chi connectivity index (χ4v) is 3.74. The number of methoxy groups -OCH3 is 2. The van der Waals surface area contributed by atoms with Gasteiger partial charge in [0.2, 0.25) is 0 Å². The predicted octanol–water partition coefficient (Wildman–Crippen LogP) is 4.50. The zero-order valence-electron chi connectivity index (χ0n) is 17.8. The average molecular weight is 414 g/mol. The first kappa shape index (κ1) is 22.0. The van der Waals surface area contributed by atoms with Gasteiger partial charge in [0.05, 0.1) is 33.0 Å². The Bertz CT molecular complexity index is 795. The number of benzene rings is 2. The van der Waals surface area contributed by atoms with Crippen LogP contribution in [0.4, 0.5) is 4.79 Å². The van der Waals surface area contributed by atoms with E-state index in [0.717, 1.165) is 43.2 Å². The molecule has 1 amide bonds. The van der Waals surface area contributed by atoms with E-state index in [2.05, 4.69) is 5.32 Å². The summed E-state index contributed by atoms with van der Waals surface area (Å²) in [6.45, 7) is 0.849. The van der Waals surface area contributed by atoms with Crippen molar-refractivity contribution in [2.45, 2.75) is 50.9 Å². The number of ether oxygens (including phenoxy) is 4. The number of hydrogen-bond donors (Lipinski definition) is 1. The standard InChI is InChI=1S/C24H31NO5/c1-27-22-13-12-18(16-23(22)28-2)14-15-29-21-11-7-6-10-20(21)25-24(26)30-17-19-8-4-3-5-9-19/h3-5,8-9,12-13,16,20-21H,6-7,10-11,14-15,17H2,1-2H3,(H,25,26)/t20-,21-/m1/s1. The van der Waals surface area contributed by atoms with E-state index < -0.39 is 0 Å². The van der Waals surface area contributed by atoms with Crippen molar-refractivity contribution < 1.29 is 23.7 Å². The van der Waals surface area contributed by atoms with Crippen LogP contribution in [-0.4, -0.2) is 39.1 Å². The van der Waals surface area contributed by atoms with E-state index in [1.54, 1.807) is 14.2 Å². The van der Waals surface area contributed by atoms with Gasteiger partial charge in [-0.05, 0) is 42.5 Å². The molecular weight excluding hydrogens is 382 g/mol. The minimum Gasteiger partial charge on any atom is -0.493 e. The topological polar surface area (TPSA) is 66.0 Å². The van der Waals surface area contributed by atoms with E-state index in [-0.39, 0.29) is 24.8 Å². The molecule has 2 aromatic rings. The molecule has 1 N–H and O–H groups in total. The summed E-state index contributed by atoms with van der Waals surface area (Å²) in [4.78, 5) is 12.2. The predicted molar refractivity (Wildman–Crippen MR) is 115 cm³/mol. The molecule has 6 heteroatoms. The van der Waals surface area contributed by atoms with Crippen LogP contribution in [0.25, 0.3) is 0 Å². The van der Waals surface area contributed by atoms with Gasteiger partial charge in [0, 0.05) is 0 Å². The van der Waals surface area contributed by atoms with Gasteiger partial charge in [-0.2, -0.15) is 0 Å². The zero-order chi connectivity index (χ0) is 21.2. The normalized spacial score (nSPS) is 18.5. The third-order valence-corrected chi connectivity index (χ3v) is 5.39. The SMILES string of the molecule is COc1ccc(CCO[C@@H]2CCCC[C@H]2NC(=O)OCc2ccccc2)cc1OC. The number of carbonyl (C=O) groups is 1.